The molecule has 0 bridgehead atoms. The zero-order valence-corrected chi connectivity index (χ0v) is 11.6. The van der Waals surface area contributed by atoms with Gasteiger partial charge in [-0.05, 0) is 24.6 Å². The number of rotatable bonds is 3. The molecule has 1 aromatic rings. The quantitative estimate of drug-likeness (QED) is 0.829. The maximum Gasteiger partial charge on any atom is 0.409 e. The molecule has 1 aromatic heterocycles. The Hall–Kier alpha value is -2.13. The van der Waals surface area contributed by atoms with Crippen LogP contribution in [0.1, 0.15) is 18.2 Å². The summed E-state index contributed by atoms with van der Waals surface area (Å²) in [5, 5.41) is 8.83. The fourth-order valence-electron chi connectivity index (χ4n) is 2.20. The summed E-state index contributed by atoms with van der Waals surface area (Å²) >= 11 is 0. The van der Waals surface area contributed by atoms with E-state index >= 15 is 0 Å². The summed E-state index contributed by atoms with van der Waals surface area (Å²) in [6, 6.07) is 5.76. The van der Waals surface area contributed by atoms with Crippen molar-refractivity contribution in [2.24, 2.45) is 0 Å². The molecule has 0 aliphatic carbocycles. The van der Waals surface area contributed by atoms with E-state index in [4.69, 9.17) is 10.00 Å². The number of aromatic nitrogens is 1. The molecule has 1 amide bonds. The molecule has 0 N–H and O–H groups in total. The number of nitrogens with zero attached hydrogens (tertiary/aromatic N) is 4. The second-order valence-corrected chi connectivity index (χ2v) is 4.62. The van der Waals surface area contributed by atoms with Gasteiger partial charge in [0.05, 0.1) is 6.61 Å². The zero-order chi connectivity index (χ0) is 14.4. The Morgan fingerprint density at radius 2 is 2.20 bits per heavy atom. The van der Waals surface area contributed by atoms with Crippen molar-refractivity contribution in [2.45, 2.75) is 13.5 Å². The highest BCUT2D eigenvalue weighted by molar-refractivity contribution is 5.67. The lowest BCUT2D eigenvalue weighted by Gasteiger charge is -2.34. The first kappa shape index (κ1) is 14.3. The highest BCUT2D eigenvalue weighted by atomic mass is 16.6. The van der Waals surface area contributed by atoms with Gasteiger partial charge in [-0.3, -0.25) is 4.90 Å². The molecule has 0 atom stereocenters. The van der Waals surface area contributed by atoms with E-state index in [9.17, 15) is 4.79 Å². The van der Waals surface area contributed by atoms with Crippen LogP contribution in [0.15, 0.2) is 18.3 Å². The lowest BCUT2D eigenvalue weighted by Crippen LogP contribution is -2.48. The van der Waals surface area contributed by atoms with Crippen LogP contribution < -0.4 is 0 Å². The number of carbonyl (C=O) groups excluding carboxylic acids is 1. The minimum atomic E-state index is -0.233. The lowest BCUT2D eigenvalue weighted by atomic mass is 10.2. The molecule has 0 aromatic carbocycles. The maximum absolute atomic E-state index is 11.6. The molecule has 0 spiro atoms. The summed E-state index contributed by atoms with van der Waals surface area (Å²) in [5.41, 5.74) is 1.51. The second kappa shape index (κ2) is 6.87. The van der Waals surface area contributed by atoms with Gasteiger partial charge in [0.2, 0.25) is 0 Å². The van der Waals surface area contributed by atoms with E-state index in [1.54, 1.807) is 17.2 Å². The molecule has 2 rings (SSSR count). The standard InChI is InChI=1S/C14H18N4O2/c1-2-20-14(19)18-7-5-17(6-8-18)11-12-3-4-16-13(9-12)10-15/h3-4,9H,2,5-8,11H2,1H3. The van der Waals surface area contributed by atoms with E-state index in [2.05, 4.69) is 9.88 Å². The molecule has 1 saturated heterocycles. The Balaban J connectivity index is 1.85. The van der Waals surface area contributed by atoms with Gasteiger partial charge in [0.1, 0.15) is 11.8 Å². The summed E-state index contributed by atoms with van der Waals surface area (Å²) in [6.45, 7) is 5.96. The molecule has 106 valence electrons. The lowest BCUT2D eigenvalue weighted by molar-refractivity contribution is 0.0778. The van der Waals surface area contributed by atoms with Crippen LogP contribution in [0.3, 0.4) is 0 Å². The molecule has 20 heavy (non-hydrogen) atoms. The minimum Gasteiger partial charge on any atom is -0.450 e. The molecule has 6 nitrogen and oxygen atoms in total. The van der Waals surface area contributed by atoms with Crippen molar-refractivity contribution >= 4 is 6.09 Å². The molecular weight excluding hydrogens is 256 g/mol. The number of piperazine rings is 1. The Bertz CT molecular complexity index is 504. The molecule has 1 aliphatic heterocycles. The van der Waals surface area contributed by atoms with Gasteiger partial charge in [0.25, 0.3) is 0 Å². The summed E-state index contributed by atoms with van der Waals surface area (Å²) in [6.07, 6.45) is 1.42. The van der Waals surface area contributed by atoms with E-state index in [0.29, 0.717) is 25.4 Å². The number of pyridine rings is 1. The first-order valence-corrected chi connectivity index (χ1v) is 6.72. The number of hydrogen-bond acceptors (Lipinski definition) is 5. The van der Waals surface area contributed by atoms with Gasteiger partial charge >= 0.3 is 6.09 Å². The Labute approximate surface area is 118 Å². The number of carbonyl (C=O) groups is 1. The predicted molar refractivity (Wildman–Crippen MR) is 72.8 cm³/mol. The number of hydrogen-bond donors (Lipinski definition) is 0. The fraction of sp³-hybridized carbons (Fsp3) is 0.500. The van der Waals surface area contributed by atoms with Crippen molar-refractivity contribution in [1.29, 1.82) is 5.26 Å². The van der Waals surface area contributed by atoms with Crippen molar-refractivity contribution < 1.29 is 9.53 Å². The third-order valence-electron chi connectivity index (χ3n) is 3.24. The van der Waals surface area contributed by atoms with Crippen molar-refractivity contribution in [2.75, 3.05) is 32.8 Å². The van der Waals surface area contributed by atoms with Crippen LogP contribution in [-0.4, -0.2) is 53.7 Å². The molecule has 0 unspecified atom stereocenters. The smallest absolute Gasteiger partial charge is 0.409 e. The number of nitriles is 1. The number of amides is 1. The normalized spacial score (nSPS) is 15.7. The van der Waals surface area contributed by atoms with E-state index in [-0.39, 0.29) is 6.09 Å². The molecule has 0 saturated carbocycles. The van der Waals surface area contributed by atoms with Crippen LogP contribution in [0.25, 0.3) is 0 Å². The molecular formula is C14H18N4O2. The number of ether oxygens (including phenoxy) is 1. The molecule has 6 heteroatoms. The summed E-state index contributed by atoms with van der Waals surface area (Å²) in [4.78, 5) is 19.5. The first-order chi connectivity index (χ1) is 9.72. The average molecular weight is 274 g/mol. The third-order valence-corrected chi connectivity index (χ3v) is 3.24. The molecule has 1 aliphatic rings. The van der Waals surface area contributed by atoms with E-state index in [0.717, 1.165) is 25.2 Å². The Morgan fingerprint density at radius 3 is 2.85 bits per heavy atom. The summed E-state index contributed by atoms with van der Waals surface area (Å²) < 4.78 is 4.99. The molecule has 0 radical (unpaired) electrons. The van der Waals surface area contributed by atoms with Crippen LogP contribution >= 0.6 is 0 Å². The van der Waals surface area contributed by atoms with Crippen molar-refractivity contribution in [1.82, 2.24) is 14.8 Å². The largest absolute Gasteiger partial charge is 0.450 e. The average Bonchev–Trinajstić information content (AvgIpc) is 2.48. The molecule has 2 heterocycles. The van der Waals surface area contributed by atoms with Gasteiger partial charge in [0, 0.05) is 38.9 Å². The SMILES string of the molecule is CCOC(=O)N1CCN(Cc2ccnc(C#N)c2)CC1. The van der Waals surface area contributed by atoms with Gasteiger partial charge in [-0.25, -0.2) is 9.78 Å². The monoisotopic (exact) mass is 274 g/mol. The summed E-state index contributed by atoms with van der Waals surface area (Å²) in [7, 11) is 0. The highest BCUT2D eigenvalue weighted by Gasteiger charge is 2.21. The second-order valence-electron chi connectivity index (χ2n) is 4.62. The Kier molecular flexibility index (Phi) is 4.91. The van der Waals surface area contributed by atoms with Gasteiger partial charge < -0.3 is 9.64 Å². The van der Waals surface area contributed by atoms with Crippen molar-refractivity contribution in [3.05, 3.63) is 29.6 Å². The zero-order valence-electron chi connectivity index (χ0n) is 11.6. The predicted octanol–water partition coefficient (Wildman–Crippen LogP) is 1.23. The third kappa shape index (κ3) is 3.68. The fourth-order valence-corrected chi connectivity index (χ4v) is 2.20. The Morgan fingerprint density at radius 1 is 1.45 bits per heavy atom. The van der Waals surface area contributed by atoms with Crippen LogP contribution in [0.2, 0.25) is 0 Å². The summed E-state index contributed by atoms with van der Waals surface area (Å²) in [5.74, 6) is 0. The van der Waals surface area contributed by atoms with E-state index < -0.39 is 0 Å². The molecule has 1 fully saturated rings. The van der Waals surface area contributed by atoms with Crippen molar-refractivity contribution in [3.8, 4) is 6.07 Å². The highest BCUT2D eigenvalue weighted by Crippen LogP contribution is 2.09. The van der Waals surface area contributed by atoms with E-state index in [1.165, 1.54) is 0 Å². The van der Waals surface area contributed by atoms with Crippen LogP contribution in [-0.2, 0) is 11.3 Å². The van der Waals surface area contributed by atoms with Crippen LogP contribution in [0.5, 0.6) is 0 Å². The van der Waals surface area contributed by atoms with Gasteiger partial charge in [-0.1, -0.05) is 0 Å². The van der Waals surface area contributed by atoms with Crippen LogP contribution in [0, 0.1) is 11.3 Å². The topological polar surface area (TPSA) is 69.5 Å². The first-order valence-electron chi connectivity index (χ1n) is 6.72. The van der Waals surface area contributed by atoms with Gasteiger partial charge in [-0.2, -0.15) is 5.26 Å². The van der Waals surface area contributed by atoms with Gasteiger partial charge in [0.15, 0.2) is 0 Å². The van der Waals surface area contributed by atoms with Gasteiger partial charge in [-0.15, -0.1) is 0 Å². The minimum absolute atomic E-state index is 0.233. The maximum atomic E-state index is 11.6. The van der Waals surface area contributed by atoms with Crippen molar-refractivity contribution in [3.63, 3.8) is 0 Å². The van der Waals surface area contributed by atoms with E-state index in [1.807, 2.05) is 19.1 Å². The van der Waals surface area contributed by atoms with Crippen LogP contribution in [0.4, 0.5) is 4.79 Å².